The first-order valence-electron chi connectivity index (χ1n) is 9.87. The van der Waals surface area contributed by atoms with E-state index in [0.717, 1.165) is 0 Å². The maximum absolute atomic E-state index is 14.4. The van der Waals surface area contributed by atoms with Crippen LogP contribution < -0.4 is 0 Å². The summed E-state index contributed by atoms with van der Waals surface area (Å²) in [5, 5.41) is 0. The van der Waals surface area contributed by atoms with E-state index in [9.17, 15) is 79.4 Å². The Morgan fingerprint density at radius 1 is 0.658 bits per heavy atom. The van der Waals surface area contributed by atoms with Crippen molar-refractivity contribution in [2.45, 2.75) is 87.9 Å². The molecule has 0 fully saturated rings. The molecule has 0 amide bonds. The molecule has 21 heteroatoms. The largest absolute Gasteiger partial charge is 0.462 e. The third kappa shape index (κ3) is 7.23. The van der Waals surface area contributed by atoms with Crippen molar-refractivity contribution in [2.24, 2.45) is 5.92 Å². The second-order valence-corrected chi connectivity index (χ2v) is 7.51. The van der Waals surface area contributed by atoms with Gasteiger partial charge in [-0.3, -0.25) is 9.47 Å². The first kappa shape index (κ1) is 36.2. The zero-order valence-electron chi connectivity index (χ0n) is 18.7. The highest BCUT2D eigenvalue weighted by atomic mass is 19.4. The summed E-state index contributed by atoms with van der Waals surface area (Å²) in [5.74, 6) is -27.2. The standard InChI is InChI=1S/C17H17F17O4/c1-3-5-6-8(4-2)7-36-9(35)10(18,13(22,23)24)37-17(33,34)12(21,15(28,29)30)38-16(31,32)11(19,20)14(25,26)27/h8H,3-7H2,1-2H3. The Labute approximate surface area is 201 Å². The lowest BCUT2D eigenvalue weighted by Gasteiger charge is -2.39. The summed E-state index contributed by atoms with van der Waals surface area (Å²) in [7, 11) is 0. The van der Waals surface area contributed by atoms with Crippen LogP contribution in [0.5, 0.6) is 0 Å². The summed E-state index contributed by atoms with van der Waals surface area (Å²) >= 11 is 0. The van der Waals surface area contributed by atoms with Gasteiger partial charge in [0.25, 0.3) is 0 Å². The molecule has 38 heavy (non-hydrogen) atoms. The number of hydrogen-bond acceptors (Lipinski definition) is 4. The average Bonchev–Trinajstić information content (AvgIpc) is 2.70. The number of ether oxygens (including phenoxy) is 3. The molecule has 0 aromatic carbocycles. The Kier molecular flexibility index (Phi) is 10.8. The minimum atomic E-state index is -8.05. The molecule has 0 radical (unpaired) electrons. The van der Waals surface area contributed by atoms with Crippen molar-refractivity contribution in [1.82, 2.24) is 0 Å². The third-order valence-electron chi connectivity index (χ3n) is 4.62. The average molecular weight is 608 g/mol. The van der Waals surface area contributed by atoms with Gasteiger partial charge in [0.15, 0.2) is 0 Å². The molecule has 0 aliphatic heterocycles. The number of rotatable bonds is 13. The van der Waals surface area contributed by atoms with Gasteiger partial charge in [-0.25, -0.2) is 4.79 Å². The highest BCUT2D eigenvalue weighted by molar-refractivity contribution is 5.78. The van der Waals surface area contributed by atoms with Crippen molar-refractivity contribution in [3.63, 3.8) is 0 Å². The summed E-state index contributed by atoms with van der Waals surface area (Å²) in [4.78, 5) is 11.6. The fourth-order valence-corrected chi connectivity index (χ4v) is 2.33. The molecule has 0 rings (SSSR count). The molecule has 0 bridgehead atoms. The molecule has 0 saturated heterocycles. The van der Waals surface area contributed by atoms with Crippen LogP contribution in [0.4, 0.5) is 74.6 Å². The molecule has 0 spiro atoms. The van der Waals surface area contributed by atoms with Crippen molar-refractivity contribution in [3.8, 4) is 0 Å². The molecule has 0 aliphatic rings. The SMILES string of the molecule is CCCCC(CC)COC(=O)C(F)(OC(F)(F)C(F)(OC(F)(F)C(F)(F)C(F)(F)F)C(F)(F)F)C(F)(F)F. The predicted molar refractivity (Wildman–Crippen MR) is 87.1 cm³/mol. The van der Waals surface area contributed by atoms with E-state index in [4.69, 9.17) is 0 Å². The molecule has 3 unspecified atom stereocenters. The molecule has 3 atom stereocenters. The van der Waals surface area contributed by atoms with E-state index in [1.807, 2.05) is 4.74 Å². The zero-order valence-corrected chi connectivity index (χ0v) is 18.7. The number of halogens is 17. The summed E-state index contributed by atoms with van der Waals surface area (Å²) in [6.45, 7) is 1.75. The van der Waals surface area contributed by atoms with Gasteiger partial charge >= 0.3 is 54.3 Å². The first-order chi connectivity index (χ1) is 16.6. The number of esters is 1. The van der Waals surface area contributed by atoms with Gasteiger partial charge < -0.3 is 4.74 Å². The van der Waals surface area contributed by atoms with E-state index < -0.39 is 66.9 Å². The van der Waals surface area contributed by atoms with E-state index >= 15 is 0 Å². The second-order valence-electron chi connectivity index (χ2n) is 7.51. The number of unbranched alkanes of at least 4 members (excludes halogenated alkanes) is 1. The van der Waals surface area contributed by atoms with Crippen LogP contribution >= 0.6 is 0 Å². The van der Waals surface area contributed by atoms with Crippen molar-refractivity contribution < 1.29 is 93.6 Å². The van der Waals surface area contributed by atoms with Crippen molar-refractivity contribution in [2.75, 3.05) is 6.61 Å². The van der Waals surface area contributed by atoms with Crippen LogP contribution in [0.15, 0.2) is 0 Å². The first-order valence-corrected chi connectivity index (χ1v) is 9.87. The Balaban J connectivity index is 6.53. The maximum atomic E-state index is 14.4. The predicted octanol–water partition coefficient (Wildman–Crippen LogP) is 7.62. The second kappa shape index (κ2) is 11.4. The quantitative estimate of drug-likeness (QED) is 0.160. The minimum Gasteiger partial charge on any atom is -0.461 e. The van der Waals surface area contributed by atoms with E-state index in [1.54, 1.807) is 6.92 Å². The number of hydrogen-bond donors (Lipinski definition) is 0. The normalized spacial score (nSPS) is 18.5. The van der Waals surface area contributed by atoms with Crippen LogP contribution in [0.25, 0.3) is 0 Å². The van der Waals surface area contributed by atoms with Gasteiger partial charge in [0.1, 0.15) is 0 Å². The molecular weight excluding hydrogens is 591 g/mol. The Morgan fingerprint density at radius 2 is 1.13 bits per heavy atom. The Morgan fingerprint density at radius 3 is 1.47 bits per heavy atom. The fourth-order valence-electron chi connectivity index (χ4n) is 2.33. The highest BCUT2D eigenvalue weighted by Crippen LogP contribution is 2.56. The Bertz CT molecular complexity index is 791. The molecule has 0 aromatic heterocycles. The summed E-state index contributed by atoms with van der Waals surface area (Å²) in [6.07, 6.45) is -37.7. The van der Waals surface area contributed by atoms with Gasteiger partial charge in [0.05, 0.1) is 6.61 Å². The molecule has 0 aliphatic carbocycles. The molecule has 0 aromatic rings. The van der Waals surface area contributed by atoms with E-state index in [0.29, 0.717) is 12.8 Å². The fraction of sp³-hybridized carbons (Fsp3) is 0.941. The monoisotopic (exact) mass is 608 g/mol. The number of carbonyl (C=O) groups excluding carboxylic acids is 1. The maximum Gasteiger partial charge on any atom is 0.462 e. The summed E-state index contributed by atoms with van der Waals surface area (Å²) in [6, 6.07) is 0. The molecule has 0 heterocycles. The molecular formula is C17H17F17O4. The summed E-state index contributed by atoms with van der Waals surface area (Å²) in [5.41, 5.74) is 0. The van der Waals surface area contributed by atoms with Gasteiger partial charge in [-0.1, -0.05) is 33.1 Å². The molecule has 0 saturated carbocycles. The van der Waals surface area contributed by atoms with Gasteiger partial charge in [-0.2, -0.15) is 74.6 Å². The van der Waals surface area contributed by atoms with E-state index in [2.05, 4.69) is 4.74 Å². The van der Waals surface area contributed by atoms with Crippen LogP contribution in [0.1, 0.15) is 39.5 Å². The lowest BCUT2D eigenvalue weighted by atomic mass is 10.0. The minimum absolute atomic E-state index is 0.00634. The number of carbonyl (C=O) groups is 1. The lowest BCUT2D eigenvalue weighted by molar-refractivity contribution is -0.548. The van der Waals surface area contributed by atoms with Crippen LogP contribution in [0.3, 0.4) is 0 Å². The van der Waals surface area contributed by atoms with E-state index in [-0.39, 0.29) is 12.8 Å². The van der Waals surface area contributed by atoms with Gasteiger partial charge in [-0.15, -0.1) is 0 Å². The van der Waals surface area contributed by atoms with Crippen LogP contribution in [-0.2, 0) is 19.0 Å². The Hall–Kier alpha value is -1.80. The van der Waals surface area contributed by atoms with Crippen LogP contribution in [0.2, 0.25) is 0 Å². The highest BCUT2D eigenvalue weighted by Gasteiger charge is 2.85. The lowest BCUT2D eigenvalue weighted by Crippen LogP contribution is -2.68. The molecule has 0 N–H and O–H groups in total. The van der Waals surface area contributed by atoms with E-state index in [1.165, 1.54) is 11.7 Å². The molecule has 228 valence electrons. The van der Waals surface area contributed by atoms with Gasteiger partial charge in [0.2, 0.25) is 0 Å². The van der Waals surface area contributed by atoms with Crippen LogP contribution in [-0.4, -0.2) is 61.0 Å². The summed E-state index contributed by atoms with van der Waals surface area (Å²) < 4.78 is 230. The van der Waals surface area contributed by atoms with Crippen molar-refractivity contribution in [3.05, 3.63) is 0 Å². The van der Waals surface area contributed by atoms with Crippen molar-refractivity contribution >= 4 is 5.97 Å². The smallest absolute Gasteiger partial charge is 0.461 e. The number of alkyl halides is 17. The van der Waals surface area contributed by atoms with Crippen LogP contribution in [0, 0.1) is 5.92 Å². The van der Waals surface area contributed by atoms with Gasteiger partial charge in [0, 0.05) is 0 Å². The van der Waals surface area contributed by atoms with Gasteiger partial charge in [-0.05, 0) is 12.3 Å². The topological polar surface area (TPSA) is 44.8 Å². The van der Waals surface area contributed by atoms with Crippen molar-refractivity contribution in [1.29, 1.82) is 0 Å². The third-order valence-corrected chi connectivity index (χ3v) is 4.62. The molecule has 4 nitrogen and oxygen atoms in total. The zero-order chi connectivity index (χ0) is 30.8.